The van der Waals surface area contributed by atoms with Crippen LogP contribution in [0, 0.1) is 5.92 Å². The number of hydrogen-bond donors (Lipinski definition) is 2. The van der Waals surface area contributed by atoms with E-state index < -0.39 is 12.2 Å². The second-order valence-corrected chi connectivity index (χ2v) is 3.13. The number of rotatable bonds is 4. The summed E-state index contributed by atoms with van der Waals surface area (Å²) in [5, 5.41) is 18.8. The molecule has 0 aromatic heterocycles. The first-order valence-electron chi connectivity index (χ1n) is 4.02. The zero-order valence-corrected chi connectivity index (χ0v) is 7.54. The van der Waals surface area contributed by atoms with Gasteiger partial charge in [-0.3, -0.25) is 0 Å². The van der Waals surface area contributed by atoms with Crippen LogP contribution in [0.4, 0.5) is 0 Å². The molecule has 66 valence electrons. The van der Waals surface area contributed by atoms with Crippen molar-refractivity contribution in [1.29, 1.82) is 0 Å². The van der Waals surface area contributed by atoms with E-state index in [0.717, 1.165) is 0 Å². The van der Waals surface area contributed by atoms with Gasteiger partial charge in [-0.2, -0.15) is 0 Å². The maximum Gasteiger partial charge on any atom is 0.0794 e. The highest BCUT2D eigenvalue weighted by molar-refractivity contribution is 4.99. The van der Waals surface area contributed by atoms with Crippen molar-refractivity contribution in [3.63, 3.8) is 0 Å². The molecule has 0 spiro atoms. The summed E-state index contributed by atoms with van der Waals surface area (Å²) in [7, 11) is 0. The molecule has 0 radical (unpaired) electrons. The lowest BCUT2D eigenvalue weighted by molar-refractivity contribution is 0.0380. The van der Waals surface area contributed by atoms with E-state index in [4.69, 9.17) is 0 Å². The van der Waals surface area contributed by atoms with Crippen LogP contribution in [-0.2, 0) is 0 Å². The summed E-state index contributed by atoms with van der Waals surface area (Å²) in [6.45, 7) is 9.12. The fourth-order valence-corrected chi connectivity index (χ4v) is 1.03. The van der Waals surface area contributed by atoms with Gasteiger partial charge in [-0.1, -0.05) is 26.0 Å². The lowest BCUT2D eigenvalue weighted by Crippen LogP contribution is -2.29. The van der Waals surface area contributed by atoms with E-state index in [1.54, 1.807) is 6.92 Å². The van der Waals surface area contributed by atoms with Crippen molar-refractivity contribution in [2.75, 3.05) is 0 Å². The highest BCUT2D eigenvalue weighted by Crippen LogP contribution is 2.16. The Kier molecular flexibility index (Phi) is 4.38. The Balaban J connectivity index is 4.00. The van der Waals surface area contributed by atoms with Crippen LogP contribution in [-0.4, -0.2) is 22.4 Å². The van der Waals surface area contributed by atoms with Gasteiger partial charge >= 0.3 is 0 Å². The summed E-state index contributed by atoms with van der Waals surface area (Å²) in [6, 6.07) is 0. The molecule has 0 bridgehead atoms. The van der Waals surface area contributed by atoms with Gasteiger partial charge in [0.15, 0.2) is 0 Å². The summed E-state index contributed by atoms with van der Waals surface area (Å²) in [4.78, 5) is 0. The van der Waals surface area contributed by atoms with Gasteiger partial charge < -0.3 is 10.2 Å². The second-order valence-electron chi connectivity index (χ2n) is 3.13. The van der Waals surface area contributed by atoms with Gasteiger partial charge in [0.05, 0.1) is 12.2 Å². The fourth-order valence-electron chi connectivity index (χ4n) is 1.03. The van der Waals surface area contributed by atoms with Crippen molar-refractivity contribution >= 4 is 0 Å². The summed E-state index contributed by atoms with van der Waals surface area (Å²) in [6.07, 6.45) is -0.336. The molecule has 0 aromatic carbocycles. The van der Waals surface area contributed by atoms with Gasteiger partial charge in [-0.05, 0) is 13.3 Å². The van der Waals surface area contributed by atoms with Crippen molar-refractivity contribution in [2.24, 2.45) is 5.92 Å². The molecule has 0 aliphatic rings. The first-order chi connectivity index (χ1) is 5.00. The van der Waals surface area contributed by atoms with Crippen molar-refractivity contribution in [3.8, 4) is 0 Å². The van der Waals surface area contributed by atoms with E-state index in [2.05, 4.69) is 6.58 Å². The molecule has 0 aliphatic heterocycles. The van der Waals surface area contributed by atoms with Crippen molar-refractivity contribution in [2.45, 2.75) is 39.4 Å². The van der Waals surface area contributed by atoms with Gasteiger partial charge in [0.2, 0.25) is 0 Å². The van der Waals surface area contributed by atoms with E-state index in [-0.39, 0.29) is 5.92 Å². The molecule has 2 heteroatoms. The zero-order chi connectivity index (χ0) is 9.02. The molecule has 0 saturated carbocycles. The standard InChI is InChI=1S/C9H18O2/c1-5-8(10)7(4)9(11)6(2)3/h7-11H,2,5H2,1,3-4H3/t7-,8+,9-/m1/s1. The summed E-state index contributed by atoms with van der Waals surface area (Å²) in [5.74, 6) is -0.113. The molecular weight excluding hydrogens is 140 g/mol. The topological polar surface area (TPSA) is 40.5 Å². The molecule has 0 fully saturated rings. The van der Waals surface area contributed by atoms with Crippen LogP contribution in [0.2, 0.25) is 0 Å². The van der Waals surface area contributed by atoms with Crippen LogP contribution in [0.25, 0.3) is 0 Å². The van der Waals surface area contributed by atoms with E-state index in [9.17, 15) is 10.2 Å². The largest absolute Gasteiger partial charge is 0.393 e. The van der Waals surface area contributed by atoms with Crippen LogP contribution in [0.5, 0.6) is 0 Å². The Hall–Kier alpha value is -0.340. The number of hydrogen-bond acceptors (Lipinski definition) is 2. The second kappa shape index (κ2) is 4.52. The molecule has 0 saturated heterocycles. The normalized spacial score (nSPS) is 19.0. The molecule has 0 rings (SSSR count). The first kappa shape index (κ1) is 10.7. The van der Waals surface area contributed by atoms with E-state index >= 15 is 0 Å². The summed E-state index contributed by atoms with van der Waals surface area (Å²) < 4.78 is 0. The molecule has 2 nitrogen and oxygen atoms in total. The van der Waals surface area contributed by atoms with Gasteiger partial charge in [-0.25, -0.2) is 0 Å². The average molecular weight is 158 g/mol. The smallest absolute Gasteiger partial charge is 0.0794 e. The zero-order valence-electron chi connectivity index (χ0n) is 7.54. The molecule has 3 atom stereocenters. The maximum atomic E-state index is 9.44. The minimum Gasteiger partial charge on any atom is -0.393 e. The quantitative estimate of drug-likeness (QED) is 0.606. The minimum atomic E-state index is -0.579. The highest BCUT2D eigenvalue weighted by Gasteiger charge is 2.20. The molecule has 0 heterocycles. The lowest BCUT2D eigenvalue weighted by Gasteiger charge is -2.23. The van der Waals surface area contributed by atoms with Gasteiger partial charge in [0.1, 0.15) is 0 Å². The van der Waals surface area contributed by atoms with Crippen LogP contribution >= 0.6 is 0 Å². The molecule has 0 aliphatic carbocycles. The predicted molar refractivity (Wildman–Crippen MR) is 46.3 cm³/mol. The number of aliphatic hydroxyl groups is 2. The molecule has 0 amide bonds. The van der Waals surface area contributed by atoms with Crippen molar-refractivity contribution in [3.05, 3.63) is 12.2 Å². The third kappa shape index (κ3) is 3.04. The Morgan fingerprint density at radius 2 is 1.91 bits per heavy atom. The molecule has 0 aromatic rings. The SMILES string of the molecule is C=C(C)[C@@H](O)[C@H](C)[C@@H](O)CC. The Morgan fingerprint density at radius 1 is 1.45 bits per heavy atom. The average Bonchev–Trinajstić information content (AvgIpc) is 2.00. The third-order valence-electron chi connectivity index (χ3n) is 2.03. The van der Waals surface area contributed by atoms with Crippen molar-refractivity contribution < 1.29 is 10.2 Å². The third-order valence-corrected chi connectivity index (χ3v) is 2.03. The van der Waals surface area contributed by atoms with Crippen LogP contribution in [0.15, 0.2) is 12.2 Å². The van der Waals surface area contributed by atoms with Crippen LogP contribution in [0.3, 0.4) is 0 Å². The fraction of sp³-hybridized carbons (Fsp3) is 0.778. The first-order valence-corrected chi connectivity index (χ1v) is 4.02. The Bertz CT molecular complexity index is 132. The summed E-state index contributed by atoms with van der Waals surface area (Å²) in [5.41, 5.74) is 0.713. The Morgan fingerprint density at radius 3 is 2.18 bits per heavy atom. The van der Waals surface area contributed by atoms with E-state index in [0.29, 0.717) is 12.0 Å². The molecule has 2 N–H and O–H groups in total. The number of aliphatic hydroxyl groups excluding tert-OH is 2. The van der Waals surface area contributed by atoms with Gasteiger partial charge in [0, 0.05) is 5.92 Å². The molecule has 0 unspecified atom stereocenters. The monoisotopic (exact) mass is 158 g/mol. The molecular formula is C9H18O2. The van der Waals surface area contributed by atoms with Gasteiger partial charge in [-0.15, -0.1) is 0 Å². The van der Waals surface area contributed by atoms with Crippen LogP contribution in [0.1, 0.15) is 27.2 Å². The van der Waals surface area contributed by atoms with Crippen molar-refractivity contribution in [1.82, 2.24) is 0 Å². The van der Waals surface area contributed by atoms with Crippen LogP contribution < -0.4 is 0 Å². The maximum absolute atomic E-state index is 9.44. The van der Waals surface area contributed by atoms with Gasteiger partial charge in [0.25, 0.3) is 0 Å². The summed E-state index contributed by atoms with van der Waals surface area (Å²) >= 11 is 0. The Labute approximate surface area is 68.6 Å². The van der Waals surface area contributed by atoms with E-state index in [1.165, 1.54) is 0 Å². The predicted octanol–water partition coefficient (Wildman–Crippen LogP) is 1.33. The minimum absolute atomic E-state index is 0.113. The lowest BCUT2D eigenvalue weighted by atomic mass is 9.93. The highest BCUT2D eigenvalue weighted by atomic mass is 16.3. The molecule has 11 heavy (non-hydrogen) atoms. The van der Waals surface area contributed by atoms with E-state index in [1.807, 2.05) is 13.8 Å².